The molecule has 0 spiro atoms. The standard InChI is InChI=1S/C9H15Cl2NO/c1-7-6-13-3-2-9(7)12-5-8(11)4-10/h4,7,9,12H,2-3,5-6H2,1H3/b8-4-. The van der Waals surface area contributed by atoms with Gasteiger partial charge in [0.05, 0.1) is 6.61 Å². The second-order valence-corrected chi connectivity index (χ2v) is 4.09. The van der Waals surface area contributed by atoms with Gasteiger partial charge in [-0.15, -0.1) is 0 Å². The smallest absolute Gasteiger partial charge is 0.0506 e. The van der Waals surface area contributed by atoms with Crippen molar-refractivity contribution in [2.75, 3.05) is 19.8 Å². The highest BCUT2D eigenvalue weighted by molar-refractivity contribution is 6.36. The minimum Gasteiger partial charge on any atom is -0.381 e. The minimum absolute atomic E-state index is 0.499. The van der Waals surface area contributed by atoms with Crippen molar-refractivity contribution in [3.05, 3.63) is 10.6 Å². The van der Waals surface area contributed by atoms with Crippen LogP contribution < -0.4 is 5.32 Å². The summed E-state index contributed by atoms with van der Waals surface area (Å²) in [6, 6.07) is 0.499. The highest BCUT2D eigenvalue weighted by Crippen LogP contribution is 2.14. The Morgan fingerprint density at radius 2 is 2.46 bits per heavy atom. The maximum absolute atomic E-state index is 5.77. The van der Waals surface area contributed by atoms with E-state index in [0.29, 0.717) is 23.5 Å². The molecule has 0 amide bonds. The number of ether oxygens (including phenoxy) is 1. The first kappa shape index (κ1) is 11.3. The van der Waals surface area contributed by atoms with E-state index < -0.39 is 0 Å². The van der Waals surface area contributed by atoms with Crippen molar-refractivity contribution in [3.63, 3.8) is 0 Å². The minimum atomic E-state index is 0.499. The van der Waals surface area contributed by atoms with E-state index in [-0.39, 0.29) is 0 Å². The first-order chi connectivity index (χ1) is 6.24. The first-order valence-electron chi connectivity index (χ1n) is 4.50. The predicted octanol–water partition coefficient (Wildman–Crippen LogP) is 2.32. The number of halogens is 2. The Morgan fingerprint density at radius 1 is 1.69 bits per heavy atom. The average molecular weight is 224 g/mol. The average Bonchev–Trinajstić information content (AvgIpc) is 2.16. The molecule has 2 atom stereocenters. The van der Waals surface area contributed by atoms with E-state index in [1.807, 2.05) is 0 Å². The fourth-order valence-electron chi connectivity index (χ4n) is 1.45. The Morgan fingerprint density at radius 3 is 3.08 bits per heavy atom. The normalized spacial score (nSPS) is 30.5. The summed E-state index contributed by atoms with van der Waals surface area (Å²) in [5.41, 5.74) is 1.40. The van der Waals surface area contributed by atoms with Crippen molar-refractivity contribution < 1.29 is 4.74 Å². The largest absolute Gasteiger partial charge is 0.381 e. The lowest BCUT2D eigenvalue weighted by atomic mass is 9.98. The van der Waals surface area contributed by atoms with Gasteiger partial charge in [-0.1, -0.05) is 30.1 Å². The summed E-state index contributed by atoms with van der Waals surface area (Å²) in [4.78, 5) is 0. The molecule has 1 N–H and O–H groups in total. The highest BCUT2D eigenvalue weighted by atomic mass is 35.5. The van der Waals surface area contributed by atoms with Gasteiger partial charge in [-0.05, 0) is 12.3 Å². The summed E-state index contributed by atoms with van der Waals surface area (Å²) in [5.74, 6) is 0.550. The number of hydrogen-bond acceptors (Lipinski definition) is 2. The molecule has 0 saturated carbocycles. The maximum Gasteiger partial charge on any atom is 0.0506 e. The topological polar surface area (TPSA) is 21.3 Å². The quantitative estimate of drug-likeness (QED) is 0.794. The Labute approximate surface area is 89.2 Å². The van der Waals surface area contributed by atoms with E-state index >= 15 is 0 Å². The molecular weight excluding hydrogens is 209 g/mol. The van der Waals surface area contributed by atoms with Crippen LogP contribution in [-0.2, 0) is 4.74 Å². The predicted molar refractivity (Wildman–Crippen MR) is 56.2 cm³/mol. The van der Waals surface area contributed by atoms with Gasteiger partial charge in [0.15, 0.2) is 0 Å². The van der Waals surface area contributed by atoms with Crippen LogP contribution in [-0.4, -0.2) is 25.8 Å². The third-order valence-corrected chi connectivity index (χ3v) is 2.91. The van der Waals surface area contributed by atoms with Crippen molar-refractivity contribution in [1.82, 2.24) is 5.32 Å². The number of rotatable bonds is 3. The van der Waals surface area contributed by atoms with Crippen molar-refractivity contribution in [2.24, 2.45) is 5.92 Å². The Hall–Kier alpha value is 0.240. The molecule has 0 bridgehead atoms. The fourth-order valence-corrected chi connectivity index (χ4v) is 1.60. The first-order valence-corrected chi connectivity index (χ1v) is 5.31. The van der Waals surface area contributed by atoms with Crippen molar-refractivity contribution in [3.8, 4) is 0 Å². The molecule has 76 valence electrons. The van der Waals surface area contributed by atoms with Gasteiger partial charge in [0.25, 0.3) is 0 Å². The molecule has 1 fully saturated rings. The maximum atomic E-state index is 5.77. The van der Waals surface area contributed by atoms with E-state index in [1.165, 1.54) is 5.54 Å². The third kappa shape index (κ3) is 3.86. The number of hydrogen-bond donors (Lipinski definition) is 1. The second kappa shape index (κ2) is 5.86. The van der Waals surface area contributed by atoms with Gasteiger partial charge < -0.3 is 10.1 Å². The van der Waals surface area contributed by atoms with E-state index in [9.17, 15) is 0 Å². The summed E-state index contributed by atoms with van der Waals surface area (Å²) in [6.45, 7) is 4.50. The van der Waals surface area contributed by atoms with Gasteiger partial charge in [-0.25, -0.2) is 0 Å². The van der Waals surface area contributed by atoms with Crippen LogP contribution in [0.4, 0.5) is 0 Å². The van der Waals surface area contributed by atoms with E-state index in [4.69, 9.17) is 27.9 Å². The summed E-state index contributed by atoms with van der Waals surface area (Å²) in [6.07, 6.45) is 1.05. The van der Waals surface area contributed by atoms with Gasteiger partial charge in [-0.3, -0.25) is 0 Å². The second-order valence-electron chi connectivity index (χ2n) is 3.38. The molecule has 2 unspecified atom stereocenters. The molecule has 0 aromatic carbocycles. The van der Waals surface area contributed by atoms with Crippen LogP contribution in [0.3, 0.4) is 0 Å². The van der Waals surface area contributed by atoms with Gasteiger partial charge in [0.1, 0.15) is 0 Å². The van der Waals surface area contributed by atoms with Crippen LogP contribution >= 0.6 is 23.2 Å². The molecule has 0 aromatic heterocycles. The summed E-state index contributed by atoms with van der Waals surface area (Å²) < 4.78 is 5.33. The molecule has 1 heterocycles. The Balaban J connectivity index is 2.26. The molecule has 1 aliphatic heterocycles. The van der Waals surface area contributed by atoms with Gasteiger partial charge >= 0.3 is 0 Å². The molecular formula is C9H15Cl2NO. The van der Waals surface area contributed by atoms with Gasteiger partial charge in [-0.2, -0.15) is 0 Å². The Kier molecular flexibility index (Phi) is 5.10. The fraction of sp³-hybridized carbons (Fsp3) is 0.778. The third-order valence-electron chi connectivity index (χ3n) is 2.29. The Bertz CT molecular complexity index is 184. The lowest BCUT2D eigenvalue weighted by Gasteiger charge is -2.29. The molecule has 2 nitrogen and oxygen atoms in total. The molecule has 0 aliphatic carbocycles. The van der Waals surface area contributed by atoms with Crippen LogP contribution in [0.1, 0.15) is 13.3 Å². The molecule has 0 radical (unpaired) electrons. The van der Waals surface area contributed by atoms with Crippen LogP contribution in [0.5, 0.6) is 0 Å². The summed E-state index contributed by atoms with van der Waals surface area (Å²) >= 11 is 11.2. The van der Waals surface area contributed by atoms with E-state index in [1.54, 1.807) is 0 Å². The highest BCUT2D eigenvalue weighted by Gasteiger charge is 2.20. The van der Waals surface area contributed by atoms with Crippen molar-refractivity contribution >= 4 is 23.2 Å². The monoisotopic (exact) mass is 223 g/mol. The molecule has 13 heavy (non-hydrogen) atoms. The van der Waals surface area contributed by atoms with Crippen LogP contribution in [0, 0.1) is 5.92 Å². The lowest BCUT2D eigenvalue weighted by Crippen LogP contribution is -2.41. The van der Waals surface area contributed by atoms with Gasteiger partial charge in [0.2, 0.25) is 0 Å². The van der Waals surface area contributed by atoms with E-state index in [2.05, 4.69) is 12.2 Å². The summed E-state index contributed by atoms with van der Waals surface area (Å²) in [5, 5.41) is 4.01. The SMILES string of the molecule is CC1COCCC1NC/C(Cl)=C/Cl. The molecule has 1 saturated heterocycles. The lowest BCUT2D eigenvalue weighted by molar-refractivity contribution is 0.0400. The van der Waals surface area contributed by atoms with Gasteiger partial charge in [0, 0.05) is 29.8 Å². The zero-order valence-electron chi connectivity index (χ0n) is 7.72. The van der Waals surface area contributed by atoms with Crippen LogP contribution in [0.25, 0.3) is 0 Å². The number of nitrogens with one attached hydrogen (secondary N) is 1. The molecule has 1 aliphatic rings. The van der Waals surface area contributed by atoms with E-state index in [0.717, 1.165) is 19.6 Å². The molecule has 1 rings (SSSR count). The summed E-state index contributed by atoms with van der Waals surface area (Å²) in [7, 11) is 0. The zero-order valence-corrected chi connectivity index (χ0v) is 9.24. The van der Waals surface area contributed by atoms with Crippen molar-refractivity contribution in [1.29, 1.82) is 0 Å². The van der Waals surface area contributed by atoms with Crippen LogP contribution in [0.2, 0.25) is 0 Å². The zero-order chi connectivity index (χ0) is 9.68. The molecule has 4 heteroatoms. The van der Waals surface area contributed by atoms with Crippen molar-refractivity contribution in [2.45, 2.75) is 19.4 Å². The van der Waals surface area contributed by atoms with Crippen LogP contribution in [0.15, 0.2) is 10.6 Å². The molecule has 0 aromatic rings.